The lowest BCUT2D eigenvalue weighted by Crippen LogP contribution is -2.57. The highest BCUT2D eigenvalue weighted by molar-refractivity contribution is 6.38. The van der Waals surface area contributed by atoms with Crippen molar-refractivity contribution in [1.29, 1.82) is 0 Å². The molecule has 12 rings (SSSR count). The number of carbonyl (C=O) groups excluding carboxylic acids is 6. The first-order chi connectivity index (χ1) is 62.0. The molecule has 5 aromatic rings. The van der Waals surface area contributed by atoms with Gasteiger partial charge in [-0.25, -0.2) is 19.4 Å². The smallest absolute Gasteiger partial charge is 0.407 e. The zero-order chi connectivity index (χ0) is 90.5. The van der Waals surface area contributed by atoms with Gasteiger partial charge in [0.15, 0.2) is 17.0 Å². The zero-order valence-corrected chi connectivity index (χ0v) is 76.1. The first-order valence-corrected chi connectivity index (χ1v) is 46.9. The number of nitrogens with zero attached hydrogens (tertiary/aromatic N) is 9. The van der Waals surface area contributed by atoms with Gasteiger partial charge in [0, 0.05) is 82.7 Å². The lowest BCUT2D eigenvalue weighted by atomic mass is 9.83. The topological polar surface area (TPSA) is 402 Å². The number of amides is 4. The van der Waals surface area contributed by atoms with Gasteiger partial charge in [-0.2, -0.15) is 10.1 Å². The van der Waals surface area contributed by atoms with E-state index in [1.807, 2.05) is 89.9 Å². The number of allylic oxidation sites excluding steroid dienone is 6. The number of methoxy groups -OCH3 is 1. The lowest BCUT2D eigenvalue weighted by Gasteiger charge is -2.42. The van der Waals surface area contributed by atoms with Gasteiger partial charge in [-0.05, 0) is 213 Å². The second-order valence-electron chi connectivity index (χ2n) is 36.1. The summed E-state index contributed by atoms with van der Waals surface area (Å²) in [5.74, 6) is -3.85. The highest BCUT2D eigenvalue weighted by Gasteiger charge is 2.49. The number of benzene rings is 2. The van der Waals surface area contributed by atoms with Crippen LogP contribution in [-0.4, -0.2) is 288 Å². The number of alkyl carbamates (subject to hydrolysis) is 1. The minimum Gasteiger partial charge on any atom is -0.446 e. The van der Waals surface area contributed by atoms with E-state index in [0.29, 0.717) is 214 Å². The molecule has 704 valence electrons. The zero-order valence-electron chi connectivity index (χ0n) is 76.1. The van der Waals surface area contributed by atoms with Crippen molar-refractivity contribution in [1.82, 2.24) is 49.6 Å². The molecule has 32 heteroatoms. The number of hydrogen-bond donors (Lipinski definition) is 6. The molecule has 7 aliphatic rings. The van der Waals surface area contributed by atoms with Crippen molar-refractivity contribution in [3.8, 4) is 11.3 Å². The Balaban J connectivity index is 0.455. The van der Waals surface area contributed by atoms with Crippen LogP contribution in [0.5, 0.6) is 0 Å². The molecule has 8 N–H and O–H groups in total. The number of piperidine rings is 3. The number of hydrogen-bond acceptors (Lipinski definition) is 27. The molecule has 0 spiro atoms. The number of aromatic nitrogens is 5. The predicted molar refractivity (Wildman–Crippen MR) is 482 cm³/mol. The number of ether oxygens (including phenoxy) is 10. The van der Waals surface area contributed by atoms with Gasteiger partial charge in [0.2, 0.25) is 17.6 Å². The molecule has 9 heterocycles. The average molecular weight is 1780 g/mol. The third kappa shape index (κ3) is 28.5. The largest absolute Gasteiger partial charge is 0.446 e. The normalized spacial score (nSPS) is 26.7. The number of nitrogen functional groups attached to an aromatic ring is 2. The fourth-order valence-corrected chi connectivity index (χ4v) is 19.1. The molecule has 128 heavy (non-hydrogen) atoms. The molecular weight excluding hydrogens is 1640 g/mol. The van der Waals surface area contributed by atoms with Gasteiger partial charge >= 0.3 is 6.09 Å². The van der Waals surface area contributed by atoms with Crippen molar-refractivity contribution in [2.24, 2.45) is 29.6 Å². The first kappa shape index (κ1) is 98.6. The van der Waals surface area contributed by atoms with Crippen LogP contribution in [0.3, 0.4) is 0 Å². The van der Waals surface area contributed by atoms with Gasteiger partial charge in [0.25, 0.3) is 17.7 Å². The number of carbonyl (C=O) groups is 6. The molecule has 10 atom stereocenters. The van der Waals surface area contributed by atoms with E-state index in [0.717, 1.165) is 120 Å². The van der Waals surface area contributed by atoms with Crippen molar-refractivity contribution in [3.05, 3.63) is 107 Å². The van der Waals surface area contributed by atoms with Gasteiger partial charge in [-0.1, -0.05) is 75.4 Å². The predicted octanol–water partition coefficient (Wildman–Crippen LogP) is 10.4. The number of ketones is 2. The number of Topliss-reactive ketones (excluding diaryl/α,β-unsaturated/α-hetero) is 2. The molecule has 4 amide bonds. The van der Waals surface area contributed by atoms with Crippen LogP contribution >= 0.6 is 0 Å². The summed E-state index contributed by atoms with van der Waals surface area (Å²) in [6.45, 7) is 19.9. The van der Waals surface area contributed by atoms with E-state index in [1.54, 1.807) is 25.9 Å². The van der Waals surface area contributed by atoms with Crippen LogP contribution in [0.15, 0.2) is 94.7 Å². The summed E-state index contributed by atoms with van der Waals surface area (Å²) >= 11 is 0. The molecule has 0 radical (unpaired) electrons. The fraction of sp³-hybridized carbons (Fsp3) is 0.667. The van der Waals surface area contributed by atoms with Crippen LogP contribution in [-0.2, 0) is 90.9 Å². The number of nitrogens with two attached hydrogens (primary N) is 2. The highest BCUT2D eigenvalue weighted by atomic mass is 16.6. The van der Waals surface area contributed by atoms with Crippen LogP contribution in [0.4, 0.5) is 16.6 Å². The number of rotatable bonds is 31. The molecule has 1 saturated carbocycles. The van der Waals surface area contributed by atoms with Crippen molar-refractivity contribution < 1.29 is 95.9 Å². The molecular formula is C96H140N12O20. The Hall–Kier alpha value is -8.48. The molecule has 2 bridgehead atoms. The van der Waals surface area contributed by atoms with E-state index in [2.05, 4.69) is 43.4 Å². The highest BCUT2D eigenvalue weighted by Crippen LogP contribution is 2.38. The summed E-state index contributed by atoms with van der Waals surface area (Å²) in [7, 11) is 1.61. The standard InChI is InChI=1S/C96H140N12O20/c1-64-13-8-7-9-14-66(3)82(118-6)59-79-16-12-35-96(117,128-79)89(113)93(115)107-37-11-10-15-76(107)62-125-77(24-17-65(2)56-68(5)87(111)88(112)86(110)67(4)55-64)25-19-69-20-26-78(27-21-69)126-95(116)99-36-44-120-46-48-122-50-52-124-54-53-123-51-49-121-47-45-119-43-34-83(109)105-41-32-75(33-42-105)104-38-29-71(30-39-104)92(114)106-40-31-72-57-70(18-22-74(72)61-106)60-108-91-84(90(97)100-63-101-91)85(103-108)73-23-28-81-80(58-73)102-94(98)127-81/h7-9,13-14,18,22-23,28,56-58,63-65,67,69,71,75-79,82,87-88,111-112,117H,10-12,15-17,19-21,24-27,29-55,59-62H2,1-6H3,(H2,98,102)(H,99,116)(H2,97,100,101)/b9-7?,13-8+,66-14?,68-56+/t64-,65+,67?,69?,76+,77+,78?,79+,82+,87-,88+,96-/m1/s1. The second kappa shape index (κ2) is 49.7. The SMILES string of the molecule is CO[C@H]1C[C@@H]2CCC[C@@](O)(O2)C(=O)C(=O)N2CCCC[C@H]2CO[C@H](CCC2CCC(OC(=O)NCCOCCOCCOCCOCCOCCOCCC(=O)N3CCC(N4CCC(C(=O)N5CCc6cc(Cn7nc(-c8ccc9oc(N)nc9c8)c8c(N)ncnc87)ccc6C5)CC4)CC3)CC2)CC[C@H](C)/C=C(\C)[C@@H](O)[C@@H](O)C(=O)C(C)C[C@H](C)/C=C/C=CC=C1C. The maximum atomic E-state index is 14.3. The van der Waals surface area contributed by atoms with E-state index in [1.165, 1.54) is 17.5 Å². The van der Waals surface area contributed by atoms with Crippen molar-refractivity contribution in [2.45, 2.75) is 243 Å². The Morgan fingerprint density at radius 2 is 1.38 bits per heavy atom. The Labute approximate surface area is 752 Å². The molecule has 5 fully saturated rings. The van der Waals surface area contributed by atoms with Crippen LogP contribution in [0.25, 0.3) is 33.4 Å². The Morgan fingerprint density at radius 1 is 0.672 bits per heavy atom. The maximum absolute atomic E-state index is 14.3. The van der Waals surface area contributed by atoms with E-state index in [9.17, 15) is 44.1 Å². The monoisotopic (exact) mass is 1780 g/mol. The van der Waals surface area contributed by atoms with Crippen LogP contribution in [0.1, 0.15) is 186 Å². The second-order valence-corrected chi connectivity index (χ2v) is 36.1. The van der Waals surface area contributed by atoms with Crippen LogP contribution in [0.2, 0.25) is 0 Å². The Bertz CT molecular complexity index is 4530. The third-order valence-corrected chi connectivity index (χ3v) is 26.6. The summed E-state index contributed by atoms with van der Waals surface area (Å²) < 4.78 is 66.0. The molecule has 6 aliphatic heterocycles. The fourth-order valence-electron chi connectivity index (χ4n) is 19.1. The number of aliphatic hydroxyl groups excluding tert-OH is 2. The lowest BCUT2D eigenvalue weighted by molar-refractivity contribution is -0.245. The maximum Gasteiger partial charge on any atom is 0.407 e. The molecule has 4 saturated heterocycles. The van der Waals surface area contributed by atoms with E-state index < -0.39 is 53.6 Å². The van der Waals surface area contributed by atoms with Crippen molar-refractivity contribution in [3.63, 3.8) is 0 Å². The van der Waals surface area contributed by atoms with Gasteiger partial charge in [0.1, 0.15) is 41.7 Å². The van der Waals surface area contributed by atoms with E-state index >= 15 is 0 Å². The van der Waals surface area contributed by atoms with Crippen molar-refractivity contribution >= 4 is 69.3 Å². The van der Waals surface area contributed by atoms with Gasteiger partial charge in [0.05, 0.1) is 129 Å². The van der Waals surface area contributed by atoms with Gasteiger partial charge < -0.3 is 103 Å². The average Bonchev–Trinajstić information content (AvgIpc) is 1.58. The summed E-state index contributed by atoms with van der Waals surface area (Å²) in [6.07, 6.45) is 23.1. The number of likely N-dealkylation sites (tertiary alicyclic amines) is 2. The van der Waals surface area contributed by atoms with Gasteiger partial charge in [-0.15, -0.1) is 0 Å². The quantitative estimate of drug-likeness (QED) is 0.0136. The number of fused-ring (bicyclic) bond motifs is 6. The van der Waals surface area contributed by atoms with Crippen LogP contribution in [0, 0.1) is 29.6 Å². The number of anilines is 2. The summed E-state index contributed by atoms with van der Waals surface area (Å²) in [5, 5.41) is 42.7. The molecule has 32 nitrogen and oxygen atoms in total. The Morgan fingerprint density at radius 3 is 2.10 bits per heavy atom. The first-order valence-electron chi connectivity index (χ1n) is 46.9. The Kier molecular flexibility index (Phi) is 38.2. The van der Waals surface area contributed by atoms with Crippen molar-refractivity contribution in [2.75, 3.05) is 150 Å². The van der Waals surface area contributed by atoms with Crippen LogP contribution < -0.4 is 16.8 Å². The minimum absolute atomic E-state index is 0.00395. The summed E-state index contributed by atoms with van der Waals surface area (Å²) in [5.41, 5.74) is 20.4. The number of oxazole rings is 1. The molecule has 3 aromatic heterocycles. The number of nitrogens with one attached hydrogen (secondary N) is 1. The summed E-state index contributed by atoms with van der Waals surface area (Å²) in [6, 6.07) is 12.2. The molecule has 1 aliphatic carbocycles. The van der Waals surface area contributed by atoms with E-state index in [-0.39, 0.29) is 79.5 Å². The molecule has 1 unspecified atom stereocenters. The minimum atomic E-state index is -2.26. The number of aliphatic hydroxyl groups is 3. The van der Waals surface area contributed by atoms with Gasteiger partial charge in [-0.3, -0.25) is 24.0 Å². The molecule has 2 aromatic carbocycles. The summed E-state index contributed by atoms with van der Waals surface area (Å²) in [4.78, 5) is 103. The third-order valence-electron chi connectivity index (χ3n) is 26.6. The van der Waals surface area contributed by atoms with E-state index in [4.69, 9.17) is 68.4 Å².